The van der Waals surface area contributed by atoms with Crippen molar-refractivity contribution in [3.05, 3.63) is 51.7 Å². The van der Waals surface area contributed by atoms with Gasteiger partial charge in [-0.2, -0.15) is 0 Å². The zero-order valence-corrected chi connectivity index (χ0v) is 11.3. The van der Waals surface area contributed by atoms with Gasteiger partial charge in [-0.1, -0.05) is 0 Å². The van der Waals surface area contributed by atoms with Crippen molar-refractivity contribution in [2.75, 3.05) is 6.61 Å². The summed E-state index contributed by atoms with van der Waals surface area (Å²) < 4.78 is 19.0. The van der Waals surface area contributed by atoms with E-state index in [2.05, 4.69) is 5.10 Å². The third-order valence-electron chi connectivity index (χ3n) is 2.90. The number of hydrogen-bond acceptors (Lipinski definition) is 3. The smallest absolute Gasteiger partial charge is 0.310 e. The molecule has 2 rings (SSSR count). The maximum Gasteiger partial charge on any atom is 0.310 e. The Morgan fingerprint density at radius 3 is 2.60 bits per heavy atom. The molecule has 1 N–H and O–H groups in total. The van der Waals surface area contributed by atoms with Gasteiger partial charge in [-0.05, 0) is 38.1 Å². The number of nitrogens with one attached hydrogen (secondary N) is 1. The molecule has 0 saturated heterocycles. The summed E-state index contributed by atoms with van der Waals surface area (Å²) in [6, 6.07) is 5.51. The Kier molecular flexibility index (Phi) is 4.02. The monoisotopic (exact) mass is 278 g/mol. The lowest BCUT2D eigenvalue weighted by atomic mass is 10.2. The minimum atomic E-state index is -0.446. The van der Waals surface area contributed by atoms with E-state index in [0.29, 0.717) is 16.9 Å². The number of H-pyrrole nitrogens is 1. The molecular weight excluding hydrogens is 263 g/mol. The molecule has 0 spiro atoms. The van der Waals surface area contributed by atoms with E-state index in [1.165, 1.54) is 28.9 Å². The molecule has 106 valence electrons. The minimum Gasteiger partial charge on any atom is -0.466 e. The predicted octanol–water partition coefficient (Wildman–Crippen LogP) is 1.72. The SMILES string of the molecule is CCOC(=O)Cc1c(C)[nH]n(-c2ccc(F)cc2)c1=O. The highest BCUT2D eigenvalue weighted by atomic mass is 19.1. The molecule has 0 aliphatic carbocycles. The van der Waals surface area contributed by atoms with Gasteiger partial charge in [0.1, 0.15) is 5.82 Å². The van der Waals surface area contributed by atoms with E-state index >= 15 is 0 Å². The van der Waals surface area contributed by atoms with Crippen molar-refractivity contribution in [3.8, 4) is 5.69 Å². The second-order valence-corrected chi connectivity index (χ2v) is 4.31. The molecule has 0 bridgehead atoms. The predicted molar refractivity (Wildman–Crippen MR) is 71.4 cm³/mol. The van der Waals surface area contributed by atoms with Crippen LogP contribution < -0.4 is 5.56 Å². The van der Waals surface area contributed by atoms with Gasteiger partial charge in [0.25, 0.3) is 5.56 Å². The molecule has 5 nitrogen and oxygen atoms in total. The van der Waals surface area contributed by atoms with Crippen molar-refractivity contribution in [3.63, 3.8) is 0 Å². The number of nitrogens with zero attached hydrogens (tertiary/aromatic N) is 1. The summed E-state index contributed by atoms with van der Waals surface area (Å²) in [7, 11) is 0. The fourth-order valence-electron chi connectivity index (χ4n) is 1.92. The van der Waals surface area contributed by atoms with Gasteiger partial charge in [-0.3, -0.25) is 14.7 Å². The zero-order valence-electron chi connectivity index (χ0n) is 11.3. The molecule has 0 aliphatic heterocycles. The maximum atomic E-state index is 12.9. The van der Waals surface area contributed by atoms with Gasteiger partial charge in [0.2, 0.25) is 0 Å². The molecule has 0 saturated carbocycles. The van der Waals surface area contributed by atoms with Crippen LogP contribution >= 0.6 is 0 Å². The third kappa shape index (κ3) is 2.79. The zero-order chi connectivity index (χ0) is 14.7. The van der Waals surface area contributed by atoms with Crippen LogP contribution in [0.25, 0.3) is 5.69 Å². The molecule has 0 fully saturated rings. The van der Waals surface area contributed by atoms with Gasteiger partial charge in [-0.15, -0.1) is 0 Å². The number of rotatable bonds is 4. The van der Waals surface area contributed by atoms with E-state index in [1.807, 2.05) is 0 Å². The van der Waals surface area contributed by atoms with Crippen molar-refractivity contribution in [2.24, 2.45) is 0 Å². The Bertz CT molecular complexity index is 671. The van der Waals surface area contributed by atoms with Crippen LogP contribution in [0.4, 0.5) is 4.39 Å². The molecule has 1 aromatic heterocycles. The van der Waals surface area contributed by atoms with E-state index in [-0.39, 0.29) is 24.4 Å². The third-order valence-corrected chi connectivity index (χ3v) is 2.90. The van der Waals surface area contributed by atoms with E-state index in [0.717, 1.165) is 0 Å². The normalized spacial score (nSPS) is 10.6. The Labute approximate surface area is 115 Å². The van der Waals surface area contributed by atoms with Gasteiger partial charge in [0, 0.05) is 5.69 Å². The molecule has 0 aliphatic rings. The molecule has 20 heavy (non-hydrogen) atoms. The van der Waals surface area contributed by atoms with E-state index < -0.39 is 5.97 Å². The summed E-state index contributed by atoms with van der Waals surface area (Å²) in [6.45, 7) is 3.68. The quantitative estimate of drug-likeness (QED) is 0.866. The Morgan fingerprint density at radius 2 is 2.00 bits per heavy atom. The summed E-state index contributed by atoms with van der Waals surface area (Å²) in [4.78, 5) is 23.7. The van der Waals surface area contributed by atoms with Crippen LogP contribution in [-0.2, 0) is 16.0 Å². The highest BCUT2D eigenvalue weighted by Gasteiger charge is 2.16. The van der Waals surface area contributed by atoms with Crippen molar-refractivity contribution >= 4 is 5.97 Å². The molecule has 6 heteroatoms. The molecule has 2 aromatic rings. The van der Waals surface area contributed by atoms with Gasteiger partial charge in [0.15, 0.2) is 0 Å². The first-order chi connectivity index (χ1) is 9.52. The molecule has 0 atom stereocenters. The summed E-state index contributed by atoms with van der Waals surface area (Å²) in [6.07, 6.45) is -0.0802. The van der Waals surface area contributed by atoms with Crippen molar-refractivity contribution in [2.45, 2.75) is 20.3 Å². The first kappa shape index (κ1) is 14.0. The molecule has 0 unspecified atom stereocenters. The van der Waals surface area contributed by atoms with Crippen LogP contribution in [0.5, 0.6) is 0 Å². The fraction of sp³-hybridized carbons (Fsp3) is 0.286. The lowest BCUT2D eigenvalue weighted by Crippen LogP contribution is -2.20. The summed E-state index contributed by atoms with van der Waals surface area (Å²) in [5.41, 5.74) is 1.12. The average molecular weight is 278 g/mol. The van der Waals surface area contributed by atoms with Crippen LogP contribution in [0, 0.1) is 12.7 Å². The molecule has 0 radical (unpaired) electrons. The lowest BCUT2D eigenvalue weighted by Gasteiger charge is -2.00. The van der Waals surface area contributed by atoms with E-state index in [1.54, 1.807) is 13.8 Å². The number of carbonyl (C=O) groups is 1. The van der Waals surface area contributed by atoms with Crippen LogP contribution in [0.15, 0.2) is 29.1 Å². The highest BCUT2D eigenvalue weighted by molar-refractivity contribution is 5.72. The molecule has 1 aromatic carbocycles. The Balaban J connectivity index is 2.36. The van der Waals surface area contributed by atoms with Crippen molar-refractivity contribution < 1.29 is 13.9 Å². The largest absolute Gasteiger partial charge is 0.466 e. The molecular formula is C14H15FN2O3. The van der Waals surface area contributed by atoms with E-state index in [9.17, 15) is 14.0 Å². The van der Waals surface area contributed by atoms with Gasteiger partial charge in [-0.25, -0.2) is 9.07 Å². The molecule has 1 heterocycles. The first-order valence-electron chi connectivity index (χ1n) is 6.25. The number of esters is 1. The Hall–Kier alpha value is -2.37. The van der Waals surface area contributed by atoms with Crippen LogP contribution in [0.2, 0.25) is 0 Å². The number of aromatic nitrogens is 2. The average Bonchev–Trinajstić information content (AvgIpc) is 2.68. The van der Waals surface area contributed by atoms with Crippen LogP contribution in [0.1, 0.15) is 18.2 Å². The van der Waals surface area contributed by atoms with Gasteiger partial charge in [0.05, 0.1) is 24.3 Å². The topological polar surface area (TPSA) is 64.1 Å². The highest BCUT2D eigenvalue weighted by Crippen LogP contribution is 2.09. The number of halogens is 1. The van der Waals surface area contributed by atoms with Gasteiger partial charge < -0.3 is 4.74 Å². The summed E-state index contributed by atoms with van der Waals surface area (Å²) in [5.74, 6) is -0.824. The standard InChI is InChI=1S/C14H15FN2O3/c1-3-20-13(18)8-12-9(2)16-17(14(12)19)11-6-4-10(15)5-7-11/h4-7,16H,3,8H2,1-2H3. The number of aromatic amines is 1. The number of ether oxygens (including phenoxy) is 1. The number of hydrogen-bond donors (Lipinski definition) is 1. The maximum absolute atomic E-state index is 12.9. The Morgan fingerprint density at radius 1 is 1.35 bits per heavy atom. The number of aryl methyl sites for hydroxylation is 1. The van der Waals surface area contributed by atoms with Crippen molar-refractivity contribution in [1.29, 1.82) is 0 Å². The number of benzene rings is 1. The lowest BCUT2D eigenvalue weighted by molar-refractivity contribution is -0.142. The van der Waals surface area contributed by atoms with Crippen molar-refractivity contribution in [1.82, 2.24) is 9.78 Å². The fourth-order valence-corrected chi connectivity index (χ4v) is 1.92. The van der Waals surface area contributed by atoms with Crippen LogP contribution in [-0.4, -0.2) is 22.4 Å². The van der Waals surface area contributed by atoms with Crippen LogP contribution in [0.3, 0.4) is 0 Å². The summed E-state index contributed by atoms with van der Waals surface area (Å²) >= 11 is 0. The van der Waals surface area contributed by atoms with Gasteiger partial charge >= 0.3 is 5.97 Å². The second kappa shape index (κ2) is 5.73. The van der Waals surface area contributed by atoms with E-state index in [4.69, 9.17) is 4.74 Å². The first-order valence-corrected chi connectivity index (χ1v) is 6.25. The second-order valence-electron chi connectivity index (χ2n) is 4.31. The summed E-state index contributed by atoms with van der Waals surface area (Å²) in [5, 5.41) is 2.87. The minimum absolute atomic E-state index is 0.0802. The number of carbonyl (C=O) groups excluding carboxylic acids is 1. The molecule has 0 amide bonds.